The Balaban J connectivity index is 1.94. The van der Waals surface area contributed by atoms with E-state index in [2.05, 4.69) is 15.5 Å². The number of benzene rings is 1. The molecule has 6 heteroatoms. The number of carbonyl (C=O) groups excluding carboxylic acids is 2. The molecule has 1 aromatic carbocycles. The summed E-state index contributed by atoms with van der Waals surface area (Å²) in [6.45, 7) is 2.39. The van der Waals surface area contributed by atoms with Gasteiger partial charge in [0.1, 0.15) is 5.69 Å². The fourth-order valence-electron chi connectivity index (χ4n) is 1.62. The van der Waals surface area contributed by atoms with Gasteiger partial charge in [0.2, 0.25) is 0 Å². The van der Waals surface area contributed by atoms with Crippen LogP contribution >= 0.6 is 0 Å². The minimum absolute atomic E-state index is 0.156. The number of esters is 1. The average Bonchev–Trinajstić information content (AvgIpc) is 2.96. The second-order valence-corrected chi connectivity index (χ2v) is 4.06. The Hall–Kier alpha value is -2.63. The normalized spacial score (nSPS) is 10.1. The number of nitrogens with one attached hydrogen (secondary N) is 2. The maximum absolute atomic E-state index is 11.9. The number of hydrogen-bond donors (Lipinski definition) is 2. The molecule has 6 nitrogen and oxygen atoms in total. The summed E-state index contributed by atoms with van der Waals surface area (Å²) in [5.74, 6) is -0.872. The predicted molar refractivity (Wildman–Crippen MR) is 72.2 cm³/mol. The van der Waals surface area contributed by atoms with E-state index in [-0.39, 0.29) is 23.9 Å². The number of aromatic amines is 1. The summed E-state index contributed by atoms with van der Waals surface area (Å²) in [6, 6.07) is 10.9. The fourth-order valence-corrected chi connectivity index (χ4v) is 1.62. The SMILES string of the molecule is CCOC(=O)c1cc(C(=O)NCc2ccccc2)n[nH]1. The number of nitrogens with zero attached hydrogens (tertiary/aromatic N) is 1. The third kappa shape index (κ3) is 3.44. The summed E-state index contributed by atoms with van der Waals surface area (Å²) in [7, 11) is 0. The maximum Gasteiger partial charge on any atom is 0.356 e. The first kappa shape index (κ1) is 13.8. The molecular weight excluding hydrogens is 258 g/mol. The summed E-state index contributed by atoms with van der Waals surface area (Å²) in [5, 5.41) is 9.00. The van der Waals surface area contributed by atoms with Gasteiger partial charge < -0.3 is 10.1 Å². The van der Waals surface area contributed by atoms with Crippen molar-refractivity contribution in [1.82, 2.24) is 15.5 Å². The zero-order valence-corrected chi connectivity index (χ0v) is 11.1. The minimum atomic E-state index is -0.526. The second-order valence-electron chi connectivity index (χ2n) is 4.06. The topological polar surface area (TPSA) is 84.1 Å². The second kappa shape index (κ2) is 6.51. The molecule has 0 aliphatic heterocycles. The molecular formula is C14H15N3O3. The fraction of sp³-hybridized carbons (Fsp3) is 0.214. The smallest absolute Gasteiger partial charge is 0.356 e. The quantitative estimate of drug-likeness (QED) is 0.809. The summed E-state index contributed by atoms with van der Waals surface area (Å²) in [4.78, 5) is 23.3. The molecule has 0 bridgehead atoms. The highest BCUT2D eigenvalue weighted by Crippen LogP contribution is 2.03. The Morgan fingerprint density at radius 1 is 1.30 bits per heavy atom. The highest BCUT2D eigenvalue weighted by atomic mass is 16.5. The third-order valence-electron chi connectivity index (χ3n) is 2.60. The lowest BCUT2D eigenvalue weighted by molar-refractivity contribution is 0.0519. The van der Waals surface area contributed by atoms with Crippen molar-refractivity contribution in [2.24, 2.45) is 0 Å². The van der Waals surface area contributed by atoms with E-state index in [0.717, 1.165) is 5.56 Å². The van der Waals surface area contributed by atoms with Gasteiger partial charge in [-0.2, -0.15) is 5.10 Å². The van der Waals surface area contributed by atoms with Crippen molar-refractivity contribution in [3.63, 3.8) is 0 Å². The van der Waals surface area contributed by atoms with Crippen molar-refractivity contribution < 1.29 is 14.3 Å². The molecule has 0 saturated heterocycles. The number of aromatic nitrogens is 2. The molecule has 1 amide bonds. The van der Waals surface area contributed by atoms with Crippen molar-refractivity contribution in [3.8, 4) is 0 Å². The van der Waals surface area contributed by atoms with Crippen molar-refractivity contribution in [1.29, 1.82) is 0 Å². The standard InChI is InChI=1S/C14H15N3O3/c1-2-20-14(19)12-8-11(16-17-12)13(18)15-9-10-6-4-3-5-7-10/h3-8H,2,9H2,1H3,(H,15,18)(H,16,17). The zero-order chi connectivity index (χ0) is 14.4. The number of amides is 1. The molecule has 0 unspecified atom stereocenters. The Morgan fingerprint density at radius 3 is 2.75 bits per heavy atom. The lowest BCUT2D eigenvalue weighted by Gasteiger charge is -2.02. The van der Waals surface area contributed by atoms with Crippen LogP contribution in [0.4, 0.5) is 0 Å². The van der Waals surface area contributed by atoms with E-state index >= 15 is 0 Å². The highest BCUT2D eigenvalue weighted by Gasteiger charge is 2.15. The number of carbonyl (C=O) groups is 2. The number of H-pyrrole nitrogens is 1. The molecule has 20 heavy (non-hydrogen) atoms. The summed E-state index contributed by atoms with van der Waals surface area (Å²) >= 11 is 0. The molecule has 0 aliphatic rings. The first-order valence-electron chi connectivity index (χ1n) is 6.25. The van der Waals surface area contributed by atoms with Crippen LogP contribution in [-0.4, -0.2) is 28.7 Å². The van der Waals surface area contributed by atoms with Crippen molar-refractivity contribution >= 4 is 11.9 Å². The summed E-state index contributed by atoms with van der Waals surface area (Å²) < 4.78 is 4.81. The van der Waals surface area contributed by atoms with Crippen LogP contribution in [0.15, 0.2) is 36.4 Å². The number of hydrogen-bond acceptors (Lipinski definition) is 4. The van der Waals surface area contributed by atoms with Gasteiger partial charge in [-0.15, -0.1) is 0 Å². The van der Waals surface area contributed by atoms with Gasteiger partial charge in [0.05, 0.1) is 6.61 Å². The van der Waals surface area contributed by atoms with Crippen molar-refractivity contribution in [2.75, 3.05) is 6.61 Å². The van der Waals surface area contributed by atoms with Gasteiger partial charge in [0.15, 0.2) is 5.69 Å². The largest absolute Gasteiger partial charge is 0.461 e. The van der Waals surface area contributed by atoms with Crippen molar-refractivity contribution in [3.05, 3.63) is 53.3 Å². The molecule has 1 aromatic heterocycles. The number of rotatable bonds is 5. The first-order chi connectivity index (χ1) is 9.70. The van der Waals surface area contributed by atoms with Crippen LogP contribution < -0.4 is 5.32 Å². The Bertz CT molecular complexity index is 593. The molecule has 0 atom stereocenters. The van der Waals surface area contributed by atoms with Crippen LogP contribution in [-0.2, 0) is 11.3 Å². The molecule has 0 fully saturated rings. The minimum Gasteiger partial charge on any atom is -0.461 e. The van der Waals surface area contributed by atoms with Crippen LogP contribution in [0.25, 0.3) is 0 Å². The van der Waals surface area contributed by atoms with E-state index in [1.165, 1.54) is 6.07 Å². The van der Waals surface area contributed by atoms with Crippen LogP contribution in [0, 0.1) is 0 Å². The van der Waals surface area contributed by atoms with Gasteiger partial charge in [-0.3, -0.25) is 9.89 Å². The average molecular weight is 273 g/mol. The summed E-state index contributed by atoms with van der Waals surface area (Å²) in [6.07, 6.45) is 0. The Labute approximate surface area is 116 Å². The molecule has 2 rings (SSSR count). The van der Waals surface area contributed by atoms with E-state index in [1.807, 2.05) is 30.3 Å². The number of ether oxygens (including phenoxy) is 1. The van der Waals surface area contributed by atoms with Gasteiger partial charge in [-0.25, -0.2) is 4.79 Å². The van der Waals surface area contributed by atoms with Crippen LogP contribution in [0.5, 0.6) is 0 Å². The van der Waals surface area contributed by atoms with Crippen LogP contribution in [0.3, 0.4) is 0 Å². The predicted octanol–water partition coefficient (Wildman–Crippen LogP) is 1.52. The molecule has 0 spiro atoms. The van der Waals surface area contributed by atoms with Crippen molar-refractivity contribution in [2.45, 2.75) is 13.5 Å². The molecule has 1 heterocycles. The van der Waals surface area contributed by atoms with Gasteiger partial charge in [-0.1, -0.05) is 30.3 Å². The van der Waals surface area contributed by atoms with Crippen LogP contribution in [0.2, 0.25) is 0 Å². The van der Waals surface area contributed by atoms with E-state index in [1.54, 1.807) is 6.92 Å². The Morgan fingerprint density at radius 2 is 2.05 bits per heavy atom. The first-order valence-corrected chi connectivity index (χ1v) is 6.25. The van der Waals surface area contributed by atoms with Gasteiger partial charge in [0.25, 0.3) is 5.91 Å². The van der Waals surface area contributed by atoms with Gasteiger partial charge >= 0.3 is 5.97 Å². The molecule has 0 aliphatic carbocycles. The van der Waals surface area contributed by atoms with E-state index in [4.69, 9.17) is 4.74 Å². The zero-order valence-electron chi connectivity index (χ0n) is 11.1. The van der Waals surface area contributed by atoms with E-state index < -0.39 is 5.97 Å². The van der Waals surface area contributed by atoms with Gasteiger partial charge in [-0.05, 0) is 12.5 Å². The van der Waals surface area contributed by atoms with E-state index in [0.29, 0.717) is 6.54 Å². The van der Waals surface area contributed by atoms with Crippen LogP contribution in [0.1, 0.15) is 33.5 Å². The molecule has 0 radical (unpaired) electrons. The van der Waals surface area contributed by atoms with E-state index in [9.17, 15) is 9.59 Å². The monoisotopic (exact) mass is 273 g/mol. The summed E-state index contributed by atoms with van der Waals surface area (Å²) in [5.41, 5.74) is 1.31. The maximum atomic E-state index is 11.9. The molecule has 0 saturated carbocycles. The highest BCUT2D eigenvalue weighted by molar-refractivity contribution is 5.95. The lowest BCUT2D eigenvalue weighted by atomic mass is 10.2. The molecule has 2 N–H and O–H groups in total. The van der Waals surface area contributed by atoms with Gasteiger partial charge in [0, 0.05) is 12.6 Å². The lowest BCUT2D eigenvalue weighted by Crippen LogP contribution is -2.23. The molecule has 2 aromatic rings. The molecule has 104 valence electrons. The third-order valence-corrected chi connectivity index (χ3v) is 2.60. The Kier molecular flexibility index (Phi) is 4.49.